The zero-order chi connectivity index (χ0) is 15.2. The topological polar surface area (TPSA) is 46.6 Å². The van der Waals surface area contributed by atoms with Gasteiger partial charge in [0.1, 0.15) is 11.9 Å². The molecule has 1 atom stereocenters. The molecule has 4 nitrogen and oxygen atoms in total. The molecule has 0 aliphatic carbocycles. The lowest BCUT2D eigenvalue weighted by Crippen LogP contribution is -2.48. The lowest BCUT2D eigenvalue weighted by atomic mass is 10.0. The summed E-state index contributed by atoms with van der Waals surface area (Å²) in [6, 6.07) is 5.67. The average molecular weight is 293 g/mol. The fourth-order valence-electron chi connectivity index (χ4n) is 2.66. The number of aryl methyl sites for hydroxylation is 1. The highest BCUT2D eigenvalue weighted by Gasteiger charge is 2.32. The lowest BCUT2D eigenvalue weighted by molar-refractivity contribution is -0.154. The van der Waals surface area contributed by atoms with Gasteiger partial charge >= 0.3 is 5.97 Å². The number of hydrogen-bond donors (Lipinski definition) is 0. The van der Waals surface area contributed by atoms with Crippen molar-refractivity contribution < 1.29 is 18.7 Å². The van der Waals surface area contributed by atoms with Crippen molar-refractivity contribution in [3.63, 3.8) is 0 Å². The standard InChI is InChI=1S/C16H20FNO3/c1-21-16(20)14-4-2-3-11-18(14)15(19)10-7-12-5-8-13(17)9-6-12/h5-6,8-9,14H,2-4,7,10-11H2,1H3/t14-/m1/s1. The highest BCUT2D eigenvalue weighted by Crippen LogP contribution is 2.19. The van der Waals surface area contributed by atoms with E-state index in [1.165, 1.54) is 19.2 Å². The smallest absolute Gasteiger partial charge is 0.328 e. The number of esters is 1. The van der Waals surface area contributed by atoms with Crippen molar-refractivity contribution >= 4 is 11.9 Å². The Morgan fingerprint density at radius 3 is 2.67 bits per heavy atom. The fourth-order valence-corrected chi connectivity index (χ4v) is 2.66. The molecule has 1 saturated heterocycles. The molecule has 1 amide bonds. The first kappa shape index (κ1) is 15.5. The van der Waals surface area contributed by atoms with E-state index in [9.17, 15) is 14.0 Å². The van der Waals surface area contributed by atoms with Crippen molar-refractivity contribution in [1.29, 1.82) is 0 Å². The van der Waals surface area contributed by atoms with Crippen molar-refractivity contribution in [1.82, 2.24) is 4.90 Å². The lowest BCUT2D eigenvalue weighted by Gasteiger charge is -2.33. The number of nitrogens with zero attached hydrogens (tertiary/aromatic N) is 1. The van der Waals surface area contributed by atoms with Crippen molar-refractivity contribution in [3.05, 3.63) is 35.6 Å². The molecule has 1 aromatic rings. The van der Waals surface area contributed by atoms with Crippen molar-refractivity contribution in [2.75, 3.05) is 13.7 Å². The SMILES string of the molecule is COC(=O)[C@H]1CCCCN1C(=O)CCc1ccc(F)cc1. The zero-order valence-corrected chi connectivity index (χ0v) is 12.2. The third-order valence-corrected chi connectivity index (χ3v) is 3.84. The predicted octanol–water partition coefficient (Wildman–Crippen LogP) is 2.31. The molecule has 0 aromatic heterocycles. The summed E-state index contributed by atoms with van der Waals surface area (Å²) in [6.07, 6.45) is 3.37. The molecule has 1 heterocycles. The molecular formula is C16H20FNO3. The van der Waals surface area contributed by atoms with Gasteiger partial charge in [-0.25, -0.2) is 9.18 Å². The summed E-state index contributed by atoms with van der Waals surface area (Å²) in [5.41, 5.74) is 0.913. The first-order valence-corrected chi connectivity index (χ1v) is 7.23. The Bertz CT molecular complexity index is 501. The molecule has 0 bridgehead atoms. The van der Waals surface area contributed by atoms with Crippen LogP contribution in [-0.2, 0) is 20.7 Å². The Kier molecular flexibility index (Phi) is 5.31. The van der Waals surface area contributed by atoms with E-state index in [4.69, 9.17) is 4.74 Å². The van der Waals surface area contributed by atoms with E-state index in [-0.39, 0.29) is 17.7 Å². The molecule has 0 spiro atoms. The second-order valence-corrected chi connectivity index (χ2v) is 5.25. The van der Waals surface area contributed by atoms with Crippen LogP contribution in [0.2, 0.25) is 0 Å². The average Bonchev–Trinajstić information content (AvgIpc) is 2.53. The molecule has 1 aliphatic rings. The van der Waals surface area contributed by atoms with Gasteiger partial charge in [0.2, 0.25) is 5.91 Å². The molecule has 114 valence electrons. The van der Waals surface area contributed by atoms with Crippen molar-refractivity contribution in [3.8, 4) is 0 Å². The minimum atomic E-state index is -0.454. The largest absolute Gasteiger partial charge is 0.467 e. The zero-order valence-electron chi connectivity index (χ0n) is 12.2. The van der Waals surface area contributed by atoms with E-state index in [2.05, 4.69) is 0 Å². The van der Waals surface area contributed by atoms with E-state index in [0.29, 0.717) is 25.8 Å². The number of carbonyl (C=O) groups excluding carboxylic acids is 2. The van der Waals surface area contributed by atoms with E-state index in [1.807, 2.05) is 0 Å². The Labute approximate surface area is 123 Å². The van der Waals surface area contributed by atoms with Gasteiger partial charge in [0.25, 0.3) is 0 Å². The second kappa shape index (κ2) is 7.20. The van der Waals surface area contributed by atoms with Crippen molar-refractivity contribution in [2.24, 2.45) is 0 Å². The first-order valence-electron chi connectivity index (χ1n) is 7.23. The first-order chi connectivity index (χ1) is 10.1. The maximum Gasteiger partial charge on any atom is 0.328 e. The van der Waals surface area contributed by atoms with Crippen molar-refractivity contribution in [2.45, 2.75) is 38.1 Å². The summed E-state index contributed by atoms with van der Waals surface area (Å²) in [5, 5.41) is 0. The number of ether oxygens (including phenoxy) is 1. The van der Waals surface area contributed by atoms with Gasteiger partial charge in [-0.05, 0) is 43.4 Å². The Morgan fingerprint density at radius 1 is 1.29 bits per heavy atom. The van der Waals surface area contributed by atoms with Crippen LogP contribution < -0.4 is 0 Å². The molecule has 0 unspecified atom stereocenters. The van der Waals surface area contributed by atoms with Gasteiger partial charge in [0.15, 0.2) is 0 Å². The molecule has 0 N–H and O–H groups in total. The minimum absolute atomic E-state index is 0.0468. The van der Waals surface area contributed by atoms with E-state index < -0.39 is 6.04 Å². The number of rotatable bonds is 4. The Balaban J connectivity index is 1.94. The number of amides is 1. The highest BCUT2D eigenvalue weighted by atomic mass is 19.1. The summed E-state index contributed by atoms with van der Waals surface area (Å²) in [6.45, 7) is 0.599. The van der Waals surface area contributed by atoms with E-state index >= 15 is 0 Å². The third-order valence-electron chi connectivity index (χ3n) is 3.84. The van der Waals surface area contributed by atoms with Crippen LogP contribution in [0, 0.1) is 5.82 Å². The van der Waals surface area contributed by atoms with Crippen LogP contribution in [-0.4, -0.2) is 36.5 Å². The maximum atomic E-state index is 12.8. The highest BCUT2D eigenvalue weighted by molar-refractivity contribution is 5.84. The molecule has 5 heteroatoms. The Hall–Kier alpha value is -1.91. The van der Waals surface area contributed by atoms with Crippen LogP contribution in [0.25, 0.3) is 0 Å². The molecule has 0 saturated carbocycles. The van der Waals surface area contributed by atoms with Gasteiger partial charge < -0.3 is 9.64 Å². The monoisotopic (exact) mass is 293 g/mol. The molecule has 1 aromatic carbocycles. The molecule has 21 heavy (non-hydrogen) atoms. The number of likely N-dealkylation sites (tertiary alicyclic amines) is 1. The number of benzene rings is 1. The third kappa shape index (κ3) is 4.03. The molecule has 0 radical (unpaired) electrons. The van der Waals surface area contributed by atoms with E-state index in [1.54, 1.807) is 17.0 Å². The quantitative estimate of drug-likeness (QED) is 0.800. The second-order valence-electron chi connectivity index (χ2n) is 5.25. The molecular weight excluding hydrogens is 273 g/mol. The summed E-state index contributed by atoms with van der Waals surface area (Å²) in [5.74, 6) is -0.675. The summed E-state index contributed by atoms with van der Waals surface area (Å²) < 4.78 is 17.6. The molecule has 1 fully saturated rings. The van der Waals surface area contributed by atoms with Crippen LogP contribution in [0.1, 0.15) is 31.2 Å². The van der Waals surface area contributed by atoms with Gasteiger partial charge in [-0.15, -0.1) is 0 Å². The van der Waals surface area contributed by atoms with Crippen LogP contribution >= 0.6 is 0 Å². The summed E-state index contributed by atoms with van der Waals surface area (Å²) >= 11 is 0. The van der Waals surface area contributed by atoms with E-state index in [0.717, 1.165) is 18.4 Å². The molecule has 1 aliphatic heterocycles. The summed E-state index contributed by atoms with van der Waals surface area (Å²) in [4.78, 5) is 25.7. The van der Waals surface area contributed by atoms with Gasteiger partial charge in [0, 0.05) is 13.0 Å². The summed E-state index contributed by atoms with van der Waals surface area (Å²) in [7, 11) is 1.35. The van der Waals surface area contributed by atoms with Crippen LogP contribution in [0.4, 0.5) is 4.39 Å². The number of carbonyl (C=O) groups is 2. The van der Waals surface area contributed by atoms with Gasteiger partial charge in [-0.1, -0.05) is 12.1 Å². The predicted molar refractivity (Wildman–Crippen MR) is 76.1 cm³/mol. The number of hydrogen-bond acceptors (Lipinski definition) is 3. The maximum absolute atomic E-state index is 12.8. The van der Waals surface area contributed by atoms with Crippen LogP contribution in [0.3, 0.4) is 0 Å². The van der Waals surface area contributed by atoms with Crippen LogP contribution in [0.15, 0.2) is 24.3 Å². The number of methoxy groups -OCH3 is 1. The number of halogens is 1. The Morgan fingerprint density at radius 2 is 2.00 bits per heavy atom. The normalized spacial score (nSPS) is 18.4. The number of piperidine rings is 1. The minimum Gasteiger partial charge on any atom is -0.467 e. The fraction of sp³-hybridized carbons (Fsp3) is 0.500. The molecule has 2 rings (SSSR count). The van der Waals surface area contributed by atoms with Gasteiger partial charge in [0.05, 0.1) is 7.11 Å². The van der Waals surface area contributed by atoms with Gasteiger partial charge in [-0.3, -0.25) is 4.79 Å². The van der Waals surface area contributed by atoms with Gasteiger partial charge in [-0.2, -0.15) is 0 Å². The van der Waals surface area contributed by atoms with Crippen LogP contribution in [0.5, 0.6) is 0 Å².